The average Bonchev–Trinajstić information content (AvgIpc) is 3.51. The molecule has 3 aromatic heterocycles. The van der Waals surface area contributed by atoms with E-state index in [1.807, 2.05) is 51.3 Å². The number of carbonyl (C=O) groups is 1. The Balaban J connectivity index is 1.37. The lowest BCUT2D eigenvalue weighted by Crippen LogP contribution is -2.40. The Bertz CT molecular complexity index is 1330. The van der Waals surface area contributed by atoms with Gasteiger partial charge in [0.1, 0.15) is 5.60 Å². The minimum absolute atomic E-state index is 0.269. The third-order valence-corrected chi connectivity index (χ3v) is 7.59. The molecule has 6 heterocycles. The topological polar surface area (TPSA) is 90.5 Å². The number of pyridine rings is 1. The molecule has 0 N–H and O–H groups in total. The molecule has 1 amide bonds. The normalized spacial score (nSPS) is 18.3. The van der Waals surface area contributed by atoms with Crippen LogP contribution in [0.15, 0.2) is 24.7 Å². The van der Waals surface area contributed by atoms with E-state index in [0.717, 1.165) is 80.2 Å². The molecule has 0 aromatic carbocycles. The van der Waals surface area contributed by atoms with Crippen molar-refractivity contribution in [1.82, 2.24) is 29.4 Å². The molecule has 3 aromatic rings. The Labute approximate surface area is 223 Å². The predicted octanol–water partition coefficient (Wildman–Crippen LogP) is 4.41. The number of hydrogen-bond donors (Lipinski definition) is 0. The molecule has 0 bridgehead atoms. The number of ether oxygens (including phenoxy) is 2. The summed E-state index contributed by atoms with van der Waals surface area (Å²) in [5.41, 5.74) is 6.13. The van der Waals surface area contributed by atoms with Gasteiger partial charge in [-0.1, -0.05) is 0 Å². The van der Waals surface area contributed by atoms with Gasteiger partial charge in [-0.3, -0.25) is 14.3 Å². The van der Waals surface area contributed by atoms with Gasteiger partial charge in [0.25, 0.3) is 0 Å². The molecule has 10 heteroatoms. The lowest BCUT2D eigenvalue weighted by atomic mass is 10.00. The zero-order valence-electron chi connectivity index (χ0n) is 22.8. The number of carbonyl (C=O) groups excluding carboxylic acids is 1. The molecule has 3 aliphatic heterocycles. The van der Waals surface area contributed by atoms with Gasteiger partial charge in [-0.05, 0) is 58.1 Å². The second-order valence-corrected chi connectivity index (χ2v) is 11.5. The molecule has 202 valence electrons. The van der Waals surface area contributed by atoms with Crippen LogP contribution in [-0.4, -0.2) is 67.4 Å². The molecule has 1 saturated heterocycles. The summed E-state index contributed by atoms with van der Waals surface area (Å²) in [5, 5.41) is 9.57. The van der Waals surface area contributed by atoms with Crippen molar-refractivity contribution in [3.63, 3.8) is 0 Å². The van der Waals surface area contributed by atoms with E-state index >= 15 is 0 Å². The second kappa shape index (κ2) is 9.72. The van der Waals surface area contributed by atoms with Crippen LogP contribution in [0.5, 0.6) is 0 Å². The number of rotatable bonds is 3. The van der Waals surface area contributed by atoms with Gasteiger partial charge in [0.05, 0.1) is 36.4 Å². The first-order valence-corrected chi connectivity index (χ1v) is 13.7. The number of anilines is 2. The Hall–Kier alpha value is -3.40. The Kier molecular flexibility index (Phi) is 6.37. The third kappa shape index (κ3) is 4.77. The van der Waals surface area contributed by atoms with Crippen molar-refractivity contribution in [3.05, 3.63) is 41.5 Å². The van der Waals surface area contributed by atoms with Crippen molar-refractivity contribution < 1.29 is 14.3 Å². The highest BCUT2D eigenvalue weighted by molar-refractivity contribution is 5.73. The largest absolute Gasteiger partial charge is 0.444 e. The van der Waals surface area contributed by atoms with Crippen molar-refractivity contribution in [2.45, 2.75) is 71.1 Å². The first kappa shape index (κ1) is 24.9. The van der Waals surface area contributed by atoms with Gasteiger partial charge in [0, 0.05) is 62.8 Å². The molecule has 0 atom stereocenters. The maximum Gasteiger partial charge on any atom is 0.410 e. The van der Waals surface area contributed by atoms with Crippen LogP contribution in [0.1, 0.15) is 62.9 Å². The summed E-state index contributed by atoms with van der Waals surface area (Å²) in [6.07, 6.45) is 10.2. The van der Waals surface area contributed by atoms with Crippen LogP contribution in [0.4, 0.5) is 16.3 Å². The summed E-state index contributed by atoms with van der Waals surface area (Å²) in [7, 11) is 1.92. The molecule has 0 aliphatic carbocycles. The number of amides is 1. The van der Waals surface area contributed by atoms with E-state index in [0.29, 0.717) is 19.1 Å². The van der Waals surface area contributed by atoms with Crippen LogP contribution in [0, 0.1) is 0 Å². The van der Waals surface area contributed by atoms with Gasteiger partial charge >= 0.3 is 6.09 Å². The van der Waals surface area contributed by atoms with Crippen molar-refractivity contribution >= 4 is 17.6 Å². The smallest absolute Gasteiger partial charge is 0.410 e. The summed E-state index contributed by atoms with van der Waals surface area (Å²) < 4.78 is 15.4. The first-order chi connectivity index (χ1) is 18.3. The minimum Gasteiger partial charge on any atom is -0.444 e. The SMILES string of the molecule is Cn1cc(-c2cc3c(cn2)N(c2nn(C4CCOCC4)c4c2CN(C(=O)OC(C)(C)C)CC4)CCC3)cn1. The van der Waals surface area contributed by atoms with Gasteiger partial charge in [-0.2, -0.15) is 10.2 Å². The summed E-state index contributed by atoms with van der Waals surface area (Å²) in [4.78, 5) is 22.0. The van der Waals surface area contributed by atoms with Crippen molar-refractivity contribution in [1.29, 1.82) is 0 Å². The van der Waals surface area contributed by atoms with Crippen LogP contribution < -0.4 is 4.90 Å². The number of aryl methyl sites for hydroxylation is 2. The van der Waals surface area contributed by atoms with E-state index < -0.39 is 5.60 Å². The number of nitrogens with zero attached hydrogens (tertiary/aromatic N) is 7. The molecular formula is C28H37N7O3. The monoisotopic (exact) mass is 519 g/mol. The molecular weight excluding hydrogens is 482 g/mol. The highest BCUT2D eigenvalue weighted by Gasteiger charge is 2.35. The van der Waals surface area contributed by atoms with Crippen molar-refractivity contribution in [2.75, 3.05) is 31.2 Å². The Morgan fingerprint density at radius 2 is 1.95 bits per heavy atom. The molecule has 3 aliphatic rings. The number of aromatic nitrogens is 5. The molecule has 0 saturated carbocycles. The fraction of sp³-hybridized carbons (Fsp3) is 0.571. The molecule has 0 radical (unpaired) electrons. The standard InChI is InChI=1S/C28H37N7O3/c1-28(2,3)38-27(36)33-11-7-24-22(18-33)26(31-35(24)21-8-12-37-13-9-21)34-10-5-6-19-14-23(29-16-25(19)34)20-15-30-32(4)17-20/h14-17,21H,5-13,18H2,1-4H3. The van der Waals surface area contributed by atoms with Crippen molar-refractivity contribution in [2.24, 2.45) is 7.05 Å². The zero-order chi connectivity index (χ0) is 26.4. The average molecular weight is 520 g/mol. The number of hydrogen-bond acceptors (Lipinski definition) is 7. The lowest BCUT2D eigenvalue weighted by Gasteiger charge is -2.33. The van der Waals surface area contributed by atoms with Crippen molar-refractivity contribution in [3.8, 4) is 11.3 Å². The van der Waals surface area contributed by atoms with E-state index in [2.05, 4.69) is 20.7 Å². The highest BCUT2D eigenvalue weighted by atomic mass is 16.6. The van der Waals surface area contributed by atoms with Gasteiger partial charge in [-0.25, -0.2) is 4.79 Å². The quantitative estimate of drug-likeness (QED) is 0.506. The fourth-order valence-corrected chi connectivity index (χ4v) is 5.77. The highest BCUT2D eigenvalue weighted by Crippen LogP contribution is 2.40. The maximum atomic E-state index is 13.0. The summed E-state index contributed by atoms with van der Waals surface area (Å²) in [6.45, 7) is 9.23. The van der Waals surface area contributed by atoms with Crippen LogP contribution >= 0.6 is 0 Å². The predicted molar refractivity (Wildman–Crippen MR) is 143 cm³/mol. The van der Waals surface area contributed by atoms with E-state index in [1.165, 1.54) is 11.3 Å². The fourth-order valence-electron chi connectivity index (χ4n) is 5.77. The minimum atomic E-state index is -0.532. The van der Waals surface area contributed by atoms with Gasteiger partial charge in [0.2, 0.25) is 0 Å². The summed E-state index contributed by atoms with van der Waals surface area (Å²) in [6, 6.07) is 2.50. The first-order valence-electron chi connectivity index (χ1n) is 13.7. The molecule has 1 fully saturated rings. The summed E-state index contributed by atoms with van der Waals surface area (Å²) >= 11 is 0. The van der Waals surface area contributed by atoms with Gasteiger partial charge in [0.15, 0.2) is 5.82 Å². The second-order valence-electron chi connectivity index (χ2n) is 11.5. The Morgan fingerprint density at radius 3 is 2.68 bits per heavy atom. The van der Waals surface area contributed by atoms with Gasteiger partial charge in [-0.15, -0.1) is 0 Å². The molecule has 6 rings (SSSR count). The van der Waals surface area contributed by atoms with Crippen LogP contribution in [0.25, 0.3) is 11.3 Å². The van der Waals surface area contributed by atoms with Gasteiger partial charge < -0.3 is 19.3 Å². The van der Waals surface area contributed by atoms with Crippen LogP contribution in [0.3, 0.4) is 0 Å². The third-order valence-electron chi connectivity index (χ3n) is 7.59. The lowest BCUT2D eigenvalue weighted by molar-refractivity contribution is 0.0221. The Morgan fingerprint density at radius 1 is 1.13 bits per heavy atom. The molecule has 10 nitrogen and oxygen atoms in total. The number of fused-ring (bicyclic) bond motifs is 2. The van der Waals surface area contributed by atoms with Crippen LogP contribution in [0.2, 0.25) is 0 Å². The van der Waals surface area contributed by atoms with E-state index in [1.54, 1.807) is 4.68 Å². The van der Waals surface area contributed by atoms with E-state index in [4.69, 9.17) is 19.6 Å². The maximum absolute atomic E-state index is 13.0. The molecule has 38 heavy (non-hydrogen) atoms. The molecule has 0 unspecified atom stereocenters. The van der Waals surface area contributed by atoms with E-state index in [-0.39, 0.29) is 6.09 Å². The summed E-state index contributed by atoms with van der Waals surface area (Å²) in [5.74, 6) is 0.941. The zero-order valence-corrected chi connectivity index (χ0v) is 22.8. The van der Waals surface area contributed by atoms with Crippen LogP contribution in [-0.2, 0) is 35.9 Å². The molecule has 0 spiro atoms. The van der Waals surface area contributed by atoms with E-state index in [9.17, 15) is 4.79 Å².